The van der Waals surface area contributed by atoms with Crippen molar-refractivity contribution in [3.8, 4) is 11.5 Å². The predicted molar refractivity (Wildman–Crippen MR) is 110 cm³/mol. The van der Waals surface area contributed by atoms with Crippen LogP contribution in [-0.4, -0.2) is 20.3 Å². The lowest BCUT2D eigenvalue weighted by Crippen LogP contribution is -1.98. The third kappa shape index (κ3) is 3.68. The van der Waals surface area contributed by atoms with E-state index in [-0.39, 0.29) is 5.78 Å². The fraction of sp³-hybridized carbons (Fsp3) is 0.0952. The number of aryl methyl sites for hydroxylation is 1. The Morgan fingerprint density at radius 3 is 2.57 bits per heavy atom. The second kappa shape index (κ2) is 7.32. The normalized spacial score (nSPS) is 10.8. The number of Topliss-reactive ketones (excluding diaryl/α,β-unsaturated/α-hetero) is 1. The van der Waals surface area contributed by atoms with Gasteiger partial charge in [-0.15, -0.1) is 0 Å². The van der Waals surface area contributed by atoms with Crippen molar-refractivity contribution in [3.05, 3.63) is 71.5 Å². The molecule has 0 aliphatic carbocycles. The Morgan fingerprint density at radius 2 is 1.82 bits per heavy atom. The van der Waals surface area contributed by atoms with E-state index in [4.69, 9.17) is 16.3 Å². The first-order valence-electron chi connectivity index (χ1n) is 8.63. The van der Waals surface area contributed by atoms with Gasteiger partial charge in [-0.05, 0) is 42.5 Å². The van der Waals surface area contributed by atoms with Crippen molar-refractivity contribution in [2.75, 3.05) is 5.32 Å². The van der Waals surface area contributed by atoms with Crippen molar-refractivity contribution in [1.29, 1.82) is 0 Å². The molecule has 0 saturated carbocycles. The van der Waals surface area contributed by atoms with Crippen LogP contribution in [0.4, 0.5) is 11.6 Å². The monoisotopic (exact) mass is 392 g/mol. The van der Waals surface area contributed by atoms with Crippen molar-refractivity contribution in [2.24, 2.45) is 7.05 Å². The first-order valence-corrected chi connectivity index (χ1v) is 9.01. The molecule has 1 N–H and O–H groups in total. The first-order chi connectivity index (χ1) is 13.5. The number of rotatable bonds is 5. The molecule has 0 spiro atoms. The molecule has 0 radical (unpaired) electrons. The number of carbonyl (C=O) groups excluding carboxylic acids is 1. The molecule has 6 nitrogen and oxygen atoms in total. The van der Waals surface area contributed by atoms with Gasteiger partial charge in [-0.1, -0.05) is 11.6 Å². The zero-order valence-electron chi connectivity index (χ0n) is 15.3. The number of ketones is 1. The third-order valence-corrected chi connectivity index (χ3v) is 4.53. The van der Waals surface area contributed by atoms with Crippen LogP contribution in [0, 0.1) is 0 Å². The van der Waals surface area contributed by atoms with Crippen molar-refractivity contribution in [2.45, 2.75) is 6.92 Å². The number of anilines is 2. The molecule has 4 rings (SSSR count). The average molecular weight is 393 g/mol. The zero-order valence-corrected chi connectivity index (χ0v) is 16.1. The Kier molecular flexibility index (Phi) is 4.71. The molecule has 0 saturated heterocycles. The summed E-state index contributed by atoms with van der Waals surface area (Å²) in [5.74, 6) is 1.78. The second-order valence-corrected chi connectivity index (χ2v) is 6.75. The number of hydrogen-bond donors (Lipinski definition) is 1. The number of ether oxygens (including phenoxy) is 1. The van der Waals surface area contributed by atoms with Gasteiger partial charge in [-0.2, -0.15) is 0 Å². The number of halogens is 1. The highest BCUT2D eigenvalue weighted by Gasteiger charge is 2.10. The minimum atomic E-state index is -0.108. The summed E-state index contributed by atoms with van der Waals surface area (Å²) < 4.78 is 7.85. The Bertz CT molecular complexity index is 1170. The number of aromatic nitrogens is 3. The van der Waals surface area contributed by atoms with Crippen molar-refractivity contribution in [1.82, 2.24) is 14.5 Å². The third-order valence-electron chi connectivity index (χ3n) is 4.28. The fourth-order valence-corrected chi connectivity index (χ4v) is 2.95. The van der Waals surface area contributed by atoms with Crippen LogP contribution < -0.4 is 10.1 Å². The number of nitrogens with one attached hydrogen (secondary N) is 1. The van der Waals surface area contributed by atoms with Crippen molar-refractivity contribution in [3.63, 3.8) is 0 Å². The zero-order chi connectivity index (χ0) is 19.7. The molecule has 7 heteroatoms. The quantitative estimate of drug-likeness (QED) is 0.463. The van der Waals surface area contributed by atoms with E-state index in [9.17, 15) is 4.79 Å². The summed E-state index contributed by atoms with van der Waals surface area (Å²) in [5.41, 5.74) is 3.01. The molecule has 0 aliphatic rings. The van der Waals surface area contributed by atoms with E-state index in [0.717, 1.165) is 16.7 Å². The number of carbonyl (C=O) groups is 1. The summed E-state index contributed by atoms with van der Waals surface area (Å²) in [5, 5.41) is 3.97. The summed E-state index contributed by atoms with van der Waals surface area (Å²) >= 11 is 5.94. The average Bonchev–Trinajstić information content (AvgIpc) is 2.99. The highest BCUT2D eigenvalue weighted by molar-refractivity contribution is 6.30. The van der Waals surface area contributed by atoms with Crippen LogP contribution in [0.15, 0.2) is 60.8 Å². The molecular formula is C21H17ClN4O2. The number of hydrogen-bond acceptors (Lipinski definition) is 5. The molecule has 28 heavy (non-hydrogen) atoms. The molecule has 2 heterocycles. The Balaban J connectivity index is 1.61. The maximum atomic E-state index is 11.5. The number of nitrogens with zero attached hydrogens (tertiary/aromatic N) is 3. The Morgan fingerprint density at radius 1 is 1.07 bits per heavy atom. The van der Waals surface area contributed by atoms with Gasteiger partial charge in [0.05, 0.1) is 11.0 Å². The van der Waals surface area contributed by atoms with Gasteiger partial charge in [0.15, 0.2) is 5.78 Å². The van der Waals surface area contributed by atoms with Crippen LogP contribution in [0.2, 0.25) is 5.02 Å². The van der Waals surface area contributed by atoms with E-state index in [1.54, 1.807) is 18.3 Å². The largest absolute Gasteiger partial charge is 0.457 e. The standard InChI is InChI=1S/C21H17ClN4O2/c1-13(27)18-11-17(9-10-23-18)28-16-7-8-20-19(12-16)25-21(26(20)2)24-15-5-3-14(22)4-6-15/h3-12H,1-2H3,(H,24,25). The van der Waals surface area contributed by atoms with Crippen LogP contribution in [0.5, 0.6) is 11.5 Å². The molecule has 4 aromatic rings. The van der Waals surface area contributed by atoms with Crippen LogP contribution >= 0.6 is 11.6 Å². The molecule has 140 valence electrons. The van der Waals surface area contributed by atoms with Gasteiger partial charge < -0.3 is 14.6 Å². The molecule has 0 aliphatic heterocycles. The van der Waals surface area contributed by atoms with Crippen LogP contribution in [0.3, 0.4) is 0 Å². The Labute approximate surface area is 166 Å². The lowest BCUT2D eigenvalue weighted by Gasteiger charge is -2.07. The maximum Gasteiger partial charge on any atom is 0.208 e. The highest BCUT2D eigenvalue weighted by atomic mass is 35.5. The smallest absolute Gasteiger partial charge is 0.208 e. The summed E-state index contributed by atoms with van der Waals surface area (Å²) in [6, 6.07) is 16.4. The van der Waals surface area contributed by atoms with E-state index in [1.807, 2.05) is 54.1 Å². The molecule has 0 bridgehead atoms. The number of pyridine rings is 1. The van der Waals surface area contributed by atoms with Crippen molar-refractivity contribution < 1.29 is 9.53 Å². The van der Waals surface area contributed by atoms with Crippen molar-refractivity contribution >= 4 is 40.1 Å². The molecule has 2 aromatic carbocycles. The molecule has 0 atom stereocenters. The fourth-order valence-electron chi connectivity index (χ4n) is 2.82. The first kappa shape index (κ1) is 18.0. The van der Waals surface area contributed by atoms with Gasteiger partial charge in [-0.25, -0.2) is 4.98 Å². The second-order valence-electron chi connectivity index (χ2n) is 6.31. The van der Waals surface area contributed by atoms with Gasteiger partial charge in [0.2, 0.25) is 5.95 Å². The number of fused-ring (bicyclic) bond motifs is 1. The van der Waals surface area contributed by atoms with E-state index < -0.39 is 0 Å². The van der Waals surface area contributed by atoms with E-state index in [1.165, 1.54) is 6.92 Å². The SMILES string of the molecule is CC(=O)c1cc(Oc2ccc3c(c2)nc(Nc2ccc(Cl)cc2)n3C)ccn1. The van der Waals surface area contributed by atoms with Gasteiger partial charge in [0.1, 0.15) is 17.2 Å². The lowest BCUT2D eigenvalue weighted by molar-refractivity contribution is 0.101. The number of benzene rings is 2. The van der Waals surface area contributed by atoms with Gasteiger partial charge >= 0.3 is 0 Å². The van der Waals surface area contributed by atoms with E-state index in [0.29, 0.717) is 28.2 Å². The molecular weight excluding hydrogens is 376 g/mol. The molecule has 0 unspecified atom stereocenters. The van der Waals surface area contributed by atoms with Crippen LogP contribution in [-0.2, 0) is 7.05 Å². The Hall–Kier alpha value is -3.38. The summed E-state index contributed by atoms with van der Waals surface area (Å²) in [7, 11) is 1.94. The molecule has 0 amide bonds. The van der Waals surface area contributed by atoms with Crippen LogP contribution in [0.1, 0.15) is 17.4 Å². The molecule has 0 fully saturated rings. The summed E-state index contributed by atoms with van der Waals surface area (Å²) in [4.78, 5) is 20.2. The van der Waals surface area contributed by atoms with Gasteiger partial charge in [0.25, 0.3) is 0 Å². The van der Waals surface area contributed by atoms with Gasteiger partial charge in [0, 0.05) is 43.0 Å². The van der Waals surface area contributed by atoms with E-state index >= 15 is 0 Å². The summed E-state index contributed by atoms with van der Waals surface area (Å²) in [6.07, 6.45) is 1.56. The lowest BCUT2D eigenvalue weighted by atomic mass is 10.2. The predicted octanol–water partition coefficient (Wildman–Crippen LogP) is 5.36. The minimum Gasteiger partial charge on any atom is -0.457 e. The van der Waals surface area contributed by atoms with Gasteiger partial charge in [-0.3, -0.25) is 9.78 Å². The minimum absolute atomic E-state index is 0.108. The molecule has 2 aromatic heterocycles. The van der Waals surface area contributed by atoms with E-state index in [2.05, 4.69) is 15.3 Å². The number of imidazole rings is 1. The maximum absolute atomic E-state index is 11.5. The summed E-state index contributed by atoms with van der Waals surface area (Å²) in [6.45, 7) is 1.47. The highest BCUT2D eigenvalue weighted by Crippen LogP contribution is 2.28. The van der Waals surface area contributed by atoms with Crippen LogP contribution in [0.25, 0.3) is 11.0 Å². The topological polar surface area (TPSA) is 69.0 Å².